The molecule has 1 fully saturated rings. The number of anilines is 1. The Kier molecular flexibility index (Phi) is 9.21. The molecular weight excluding hydrogens is 378 g/mol. The Hall–Kier alpha value is -1.64. The number of unbranched alkanes of at least 4 members (excludes halogenated alkanes) is 3. The van der Waals surface area contributed by atoms with Crippen molar-refractivity contribution in [2.45, 2.75) is 32.6 Å². The van der Waals surface area contributed by atoms with Crippen LogP contribution in [0.25, 0.3) is 0 Å². The second-order valence-corrected chi connectivity index (χ2v) is 8.98. The van der Waals surface area contributed by atoms with E-state index in [2.05, 4.69) is 16.5 Å². The van der Waals surface area contributed by atoms with Crippen LogP contribution in [0.4, 0.5) is 5.69 Å². The second-order valence-electron chi connectivity index (χ2n) is 7.23. The number of sulfonamides is 1. The summed E-state index contributed by atoms with van der Waals surface area (Å²) in [6.07, 6.45) is 5.42. The third-order valence-corrected chi connectivity index (χ3v) is 5.40. The molecule has 1 aromatic carbocycles. The number of hydrogen-bond acceptors (Lipinski definition) is 5. The number of nitrogens with one attached hydrogen (secondary N) is 1. The van der Waals surface area contributed by atoms with Gasteiger partial charge in [-0.1, -0.05) is 38.3 Å². The molecule has 1 N–H and O–H groups in total. The SMILES string of the molecule is CCCCCCN(CCN1CCOCC1)C(=O)c1ccccc1NS(C)(=O)=O. The van der Waals surface area contributed by atoms with E-state index in [9.17, 15) is 13.2 Å². The van der Waals surface area contributed by atoms with Gasteiger partial charge in [0, 0.05) is 32.7 Å². The number of benzene rings is 1. The highest BCUT2D eigenvalue weighted by Crippen LogP contribution is 2.19. The van der Waals surface area contributed by atoms with E-state index >= 15 is 0 Å². The number of carbonyl (C=O) groups is 1. The number of nitrogens with zero attached hydrogens (tertiary/aromatic N) is 2. The highest BCUT2D eigenvalue weighted by Gasteiger charge is 2.21. The first-order chi connectivity index (χ1) is 13.4. The van der Waals surface area contributed by atoms with Crippen molar-refractivity contribution in [3.63, 3.8) is 0 Å². The Balaban J connectivity index is 2.10. The number of carbonyl (C=O) groups excluding carboxylic acids is 1. The molecule has 1 aliphatic rings. The molecule has 0 unspecified atom stereocenters. The van der Waals surface area contributed by atoms with Crippen LogP contribution < -0.4 is 4.72 Å². The molecule has 0 atom stereocenters. The summed E-state index contributed by atoms with van der Waals surface area (Å²) in [6.45, 7) is 7.47. The number of hydrogen-bond donors (Lipinski definition) is 1. The summed E-state index contributed by atoms with van der Waals surface area (Å²) in [5.41, 5.74) is 0.727. The number of ether oxygens (including phenoxy) is 1. The molecule has 1 heterocycles. The van der Waals surface area contributed by atoms with Gasteiger partial charge >= 0.3 is 0 Å². The van der Waals surface area contributed by atoms with Gasteiger partial charge in [-0.2, -0.15) is 0 Å². The highest BCUT2D eigenvalue weighted by molar-refractivity contribution is 7.92. The van der Waals surface area contributed by atoms with Gasteiger partial charge in [0.15, 0.2) is 0 Å². The van der Waals surface area contributed by atoms with Crippen LogP contribution in [0.5, 0.6) is 0 Å². The molecule has 0 aliphatic carbocycles. The Labute approximate surface area is 169 Å². The molecule has 1 saturated heterocycles. The van der Waals surface area contributed by atoms with E-state index in [0.717, 1.165) is 64.8 Å². The lowest BCUT2D eigenvalue weighted by Gasteiger charge is -2.30. The smallest absolute Gasteiger partial charge is 0.256 e. The maximum atomic E-state index is 13.2. The van der Waals surface area contributed by atoms with E-state index in [-0.39, 0.29) is 5.91 Å². The van der Waals surface area contributed by atoms with Gasteiger partial charge in [0.05, 0.1) is 30.7 Å². The fraction of sp³-hybridized carbons (Fsp3) is 0.650. The molecule has 0 bridgehead atoms. The maximum absolute atomic E-state index is 13.2. The fourth-order valence-electron chi connectivity index (χ4n) is 3.26. The number of amides is 1. The predicted molar refractivity (Wildman–Crippen MR) is 112 cm³/mol. The molecule has 0 saturated carbocycles. The molecule has 7 nitrogen and oxygen atoms in total. The van der Waals surface area contributed by atoms with Gasteiger partial charge in [0.1, 0.15) is 0 Å². The summed E-state index contributed by atoms with van der Waals surface area (Å²) < 4.78 is 31.2. The Morgan fingerprint density at radius 1 is 1.14 bits per heavy atom. The third-order valence-electron chi connectivity index (χ3n) is 4.81. The fourth-order valence-corrected chi connectivity index (χ4v) is 3.84. The number of para-hydroxylation sites is 1. The molecule has 28 heavy (non-hydrogen) atoms. The minimum atomic E-state index is -3.46. The van der Waals surface area contributed by atoms with Crippen molar-refractivity contribution < 1.29 is 17.9 Å². The molecule has 1 amide bonds. The molecular formula is C20H33N3O4S. The number of rotatable bonds is 11. The first-order valence-electron chi connectivity index (χ1n) is 10.1. The number of morpholine rings is 1. The van der Waals surface area contributed by atoms with Gasteiger partial charge in [-0.05, 0) is 18.6 Å². The molecule has 0 radical (unpaired) electrons. The van der Waals surface area contributed by atoms with E-state index in [4.69, 9.17) is 4.74 Å². The van der Waals surface area contributed by atoms with Gasteiger partial charge in [-0.15, -0.1) is 0 Å². The van der Waals surface area contributed by atoms with Crippen LogP contribution in [-0.2, 0) is 14.8 Å². The van der Waals surface area contributed by atoms with Gasteiger partial charge in [-0.3, -0.25) is 14.4 Å². The van der Waals surface area contributed by atoms with Crippen LogP contribution in [0.2, 0.25) is 0 Å². The lowest BCUT2D eigenvalue weighted by Crippen LogP contribution is -2.43. The summed E-state index contributed by atoms with van der Waals surface area (Å²) >= 11 is 0. The molecule has 1 aliphatic heterocycles. The van der Waals surface area contributed by atoms with Crippen LogP contribution in [0.1, 0.15) is 43.0 Å². The van der Waals surface area contributed by atoms with Crippen LogP contribution in [0.3, 0.4) is 0 Å². The molecule has 8 heteroatoms. The Morgan fingerprint density at radius 2 is 1.86 bits per heavy atom. The van der Waals surface area contributed by atoms with Gasteiger partial charge in [0.25, 0.3) is 5.91 Å². The van der Waals surface area contributed by atoms with Gasteiger partial charge in [0.2, 0.25) is 10.0 Å². The average Bonchev–Trinajstić information content (AvgIpc) is 2.67. The van der Waals surface area contributed by atoms with Crippen LogP contribution in [-0.4, -0.2) is 76.3 Å². The Morgan fingerprint density at radius 3 is 2.54 bits per heavy atom. The maximum Gasteiger partial charge on any atom is 0.256 e. The van der Waals surface area contributed by atoms with Crippen molar-refractivity contribution in [2.75, 3.05) is 56.9 Å². The topological polar surface area (TPSA) is 79.0 Å². The van der Waals surface area contributed by atoms with Crippen molar-refractivity contribution >= 4 is 21.6 Å². The molecule has 1 aromatic rings. The van der Waals surface area contributed by atoms with E-state index in [1.54, 1.807) is 24.3 Å². The van der Waals surface area contributed by atoms with E-state index in [1.807, 2.05) is 4.90 Å². The third kappa shape index (κ3) is 7.77. The zero-order valence-electron chi connectivity index (χ0n) is 17.0. The summed E-state index contributed by atoms with van der Waals surface area (Å²) in [6, 6.07) is 6.80. The average molecular weight is 412 g/mol. The molecule has 158 valence electrons. The summed E-state index contributed by atoms with van der Waals surface area (Å²) in [5.74, 6) is -0.128. The summed E-state index contributed by atoms with van der Waals surface area (Å²) in [4.78, 5) is 17.4. The molecule has 0 aromatic heterocycles. The van der Waals surface area contributed by atoms with Crippen LogP contribution in [0, 0.1) is 0 Å². The molecule has 0 spiro atoms. The van der Waals surface area contributed by atoms with Crippen molar-refractivity contribution in [2.24, 2.45) is 0 Å². The van der Waals surface area contributed by atoms with E-state index < -0.39 is 10.0 Å². The Bertz CT molecular complexity index is 718. The molecule has 2 rings (SSSR count). The van der Waals surface area contributed by atoms with Crippen LogP contribution in [0.15, 0.2) is 24.3 Å². The van der Waals surface area contributed by atoms with Crippen molar-refractivity contribution in [3.05, 3.63) is 29.8 Å². The largest absolute Gasteiger partial charge is 0.379 e. The summed E-state index contributed by atoms with van der Waals surface area (Å²) in [5, 5.41) is 0. The zero-order chi connectivity index (χ0) is 20.4. The van der Waals surface area contributed by atoms with E-state index in [0.29, 0.717) is 24.3 Å². The van der Waals surface area contributed by atoms with Crippen molar-refractivity contribution in [1.82, 2.24) is 9.80 Å². The predicted octanol–water partition coefficient (Wildman–Crippen LogP) is 2.41. The first kappa shape index (κ1) is 22.6. The van der Waals surface area contributed by atoms with Gasteiger partial charge in [-0.25, -0.2) is 8.42 Å². The summed E-state index contributed by atoms with van der Waals surface area (Å²) in [7, 11) is -3.46. The standard InChI is InChI=1S/C20H33N3O4S/c1-3-4-5-8-11-23(13-12-22-14-16-27-17-15-22)20(24)18-9-6-7-10-19(18)21-28(2,25)26/h6-7,9-10,21H,3-5,8,11-17H2,1-2H3. The van der Waals surface area contributed by atoms with Crippen LogP contribution >= 0.6 is 0 Å². The van der Waals surface area contributed by atoms with Crippen molar-refractivity contribution in [1.29, 1.82) is 0 Å². The lowest BCUT2D eigenvalue weighted by molar-refractivity contribution is 0.0324. The van der Waals surface area contributed by atoms with Crippen molar-refractivity contribution in [3.8, 4) is 0 Å². The minimum Gasteiger partial charge on any atom is -0.379 e. The first-order valence-corrected chi connectivity index (χ1v) is 12.0. The zero-order valence-corrected chi connectivity index (χ0v) is 17.8. The second kappa shape index (κ2) is 11.4. The van der Waals surface area contributed by atoms with E-state index in [1.165, 1.54) is 0 Å². The monoisotopic (exact) mass is 411 g/mol. The minimum absolute atomic E-state index is 0.128. The highest BCUT2D eigenvalue weighted by atomic mass is 32.2. The normalized spacial score (nSPS) is 15.4. The van der Waals surface area contributed by atoms with Gasteiger partial charge < -0.3 is 9.64 Å². The quantitative estimate of drug-likeness (QED) is 0.566. The lowest BCUT2D eigenvalue weighted by atomic mass is 10.1.